The van der Waals surface area contributed by atoms with E-state index in [1.165, 1.54) is 11.9 Å². The lowest BCUT2D eigenvalue weighted by molar-refractivity contribution is -0.160. The Kier molecular flexibility index (Phi) is 7.60. The van der Waals surface area contributed by atoms with Gasteiger partial charge in [-0.2, -0.15) is 26.3 Å². The van der Waals surface area contributed by atoms with Crippen LogP contribution in [0.2, 0.25) is 0 Å². The predicted molar refractivity (Wildman–Crippen MR) is 137 cm³/mol. The van der Waals surface area contributed by atoms with Gasteiger partial charge >= 0.3 is 12.4 Å². The molecule has 0 radical (unpaired) electrons. The summed E-state index contributed by atoms with van der Waals surface area (Å²) in [7, 11) is 0. The number of rotatable bonds is 5. The molecule has 0 saturated carbocycles. The number of fused-ring (bicyclic) bond motifs is 1. The van der Waals surface area contributed by atoms with Crippen LogP contribution in [0.3, 0.4) is 0 Å². The van der Waals surface area contributed by atoms with Gasteiger partial charge in [0.05, 0.1) is 29.0 Å². The van der Waals surface area contributed by atoms with E-state index in [1.54, 1.807) is 0 Å². The van der Waals surface area contributed by atoms with Crippen molar-refractivity contribution in [2.24, 2.45) is 0 Å². The van der Waals surface area contributed by atoms with Gasteiger partial charge in [0.25, 0.3) is 11.8 Å². The molecule has 0 bridgehead atoms. The zero-order chi connectivity index (χ0) is 32.2. The van der Waals surface area contributed by atoms with Gasteiger partial charge in [0, 0.05) is 18.2 Å². The van der Waals surface area contributed by atoms with Crippen molar-refractivity contribution < 1.29 is 49.8 Å². The number of hydrazine groups is 1. The van der Waals surface area contributed by atoms with Crippen LogP contribution in [0.1, 0.15) is 36.6 Å². The summed E-state index contributed by atoms with van der Waals surface area (Å²) in [5.41, 5.74) is -6.48. The van der Waals surface area contributed by atoms with Gasteiger partial charge < -0.3 is 10.4 Å². The fourth-order valence-corrected chi connectivity index (χ4v) is 5.31. The Balaban J connectivity index is 1.56. The van der Waals surface area contributed by atoms with Crippen LogP contribution in [-0.4, -0.2) is 49.0 Å². The van der Waals surface area contributed by atoms with Crippen molar-refractivity contribution >= 4 is 17.5 Å². The van der Waals surface area contributed by atoms with E-state index in [0.717, 1.165) is 23.2 Å². The second-order valence-electron chi connectivity index (χ2n) is 10.4. The van der Waals surface area contributed by atoms with Crippen molar-refractivity contribution in [1.29, 1.82) is 0 Å². The summed E-state index contributed by atoms with van der Waals surface area (Å²) in [6.45, 7) is 1.36. The summed E-state index contributed by atoms with van der Waals surface area (Å²) in [6.07, 6.45) is -8.69. The smallest absolute Gasteiger partial charge is 0.433 e. The summed E-state index contributed by atoms with van der Waals surface area (Å²) in [5, 5.41) is 15.9. The molecule has 16 heteroatoms. The molecule has 2 N–H and O–H groups in total. The Morgan fingerprint density at radius 2 is 1.68 bits per heavy atom. The molecular weight excluding hydrogens is 606 g/mol. The van der Waals surface area contributed by atoms with E-state index in [0.29, 0.717) is 37.0 Å². The van der Waals surface area contributed by atoms with E-state index >= 15 is 0 Å². The minimum atomic E-state index is -4.97. The number of hydrogen-bond acceptors (Lipinski definition) is 6. The van der Waals surface area contributed by atoms with Crippen LogP contribution in [-0.2, 0) is 28.5 Å². The van der Waals surface area contributed by atoms with Crippen molar-refractivity contribution in [3.8, 4) is 11.3 Å². The maximum Gasteiger partial charge on any atom is 0.433 e. The number of carbonyl (C=O) groups excluding carboxylic acids is 2. The van der Waals surface area contributed by atoms with Crippen LogP contribution in [0.25, 0.3) is 11.3 Å². The third-order valence-electron chi connectivity index (χ3n) is 7.40. The molecule has 3 aromatic rings. The molecule has 1 atom stereocenters. The zero-order valence-corrected chi connectivity index (χ0v) is 22.5. The number of aromatic nitrogens is 2. The largest absolute Gasteiger partial charge is 0.509 e. The molecule has 3 heterocycles. The molecule has 1 saturated heterocycles. The number of aliphatic hydroxyl groups excluding tert-OH is 1. The summed E-state index contributed by atoms with van der Waals surface area (Å²) in [4.78, 5) is 34.0. The summed E-state index contributed by atoms with van der Waals surface area (Å²) in [6, 6.07) is 4.79. The Morgan fingerprint density at radius 3 is 2.32 bits per heavy atom. The molecule has 44 heavy (non-hydrogen) atoms. The van der Waals surface area contributed by atoms with E-state index in [2.05, 4.69) is 15.3 Å². The van der Waals surface area contributed by atoms with Gasteiger partial charge in [-0.25, -0.2) is 23.8 Å². The fraction of sp³-hybridized carbons (Fsp3) is 0.286. The van der Waals surface area contributed by atoms with Crippen LogP contribution in [0, 0.1) is 11.6 Å². The number of amides is 2. The first kappa shape index (κ1) is 30.8. The van der Waals surface area contributed by atoms with Gasteiger partial charge in [-0.3, -0.25) is 14.6 Å². The molecule has 1 fully saturated rings. The zero-order valence-electron chi connectivity index (χ0n) is 22.5. The van der Waals surface area contributed by atoms with Crippen molar-refractivity contribution in [2.75, 3.05) is 11.9 Å². The lowest BCUT2D eigenvalue weighted by atomic mass is 9.90. The van der Waals surface area contributed by atoms with E-state index in [9.17, 15) is 49.8 Å². The Labute approximate surface area is 243 Å². The fourth-order valence-electron chi connectivity index (χ4n) is 5.31. The van der Waals surface area contributed by atoms with Crippen molar-refractivity contribution in [3.05, 3.63) is 88.6 Å². The van der Waals surface area contributed by atoms with Gasteiger partial charge in [0.2, 0.25) is 0 Å². The Morgan fingerprint density at radius 1 is 1.00 bits per heavy atom. The first-order valence-corrected chi connectivity index (χ1v) is 12.9. The lowest BCUT2D eigenvalue weighted by Gasteiger charge is -2.46. The second-order valence-corrected chi connectivity index (χ2v) is 10.4. The van der Waals surface area contributed by atoms with Gasteiger partial charge in [-0.1, -0.05) is 0 Å². The van der Waals surface area contributed by atoms with E-state index in [-0.39, 0.29) is 18.5 Å². The molecule has 2 aromatic carbocycles. The van der Waals surface area contributed by atoms with Crippen LogP contribution in [0.15, 0.2) is 60.1 Å². The molecule has 2 aliphatic heterocycles. The molecule has 8 nitrogen and oxygen atoms in total. The number of aliphatic hydroxyl groups is 1. The summed E-state index contributed by atoms with van der Waals surface area (Å²) < 4.78 is 108. The number of anilines is 1. The molecule has 2 aliphatic rings. The molecule has 5 rings (SSSR count). The number of nitrogens with zero attached hydrogens (tertiary/aromatic N) is 4. The highest BCUT2D eigenvalue weighted by molar-refractivity contribution is 6.24. The molecule has 1 aromatic heterocycles. The first-order chi connectivity index (χ1) is 20.5. The van der Waals surface area contributed by atoms with Crippen molar-refractivity contribution in [1.82, 2.24) is 20.0 Å². The third-order valence-corrected chi connectivity index (χ3v) is 7.40. The van der Waals surface area contributed by atoms with Crippen molar-refractivity contribution in [2.45, 2.75) is 44.2 Å². The number of carbonyl (C=O) groups is 2. The molecule has 232 valence electrons. The van der Waals surface area contributed by atoms with E-state index in [1.807, 2.05) is 0 Å². The number of benzene rings is 2. The highest BCUT2D eigenvalue weighted by atomic mass is 19.4. The average Bonchev–Trinajstić information content (AvgIpc) is 3.33. The SMILES string of the molecule is C[C@]12CCCN1N(Cc1cc(F)cc(F)c1)C(=O)C(C(=O)Nc1ccc(C(F)(F)F)cc1-c1cc(C(F)(F)F)ncn1)=C2O. The molecule has 2 amide bonds. The van der Waals surface area contributed by atoms with Crippen LogP contribution < -0.4 is 5.32 Å². The highest BCUT2D eigenvalue weighted by Gasteiger charge is 2.52. The summed E-state index contributed by atoms with van der Waals surface area (Å²) >= 11 is 0. The van der Waals surface area contributed by atoms with Gasteiger partial charge in [-0.05, 0) is 61.7 Å². The van der Waals surface area contributed by atoms with E-state index in [4.69, 9.17) is 0 Å². The standard InChI is InChI=1S/C28H21F8N5O3/c1-26-5-2-6-41(26)40(12-14-7-16(29)10-17(30)8-14)25(44)22(23(26)42)24(43)39-19-4-3-15(27(31,32)33)9-18(19)20-11-21(28(34,35)36)38-13-37-20/h3-4,7-11,13,42H,2,5-6,12H2,1H3,(H,39,43)/t26-/m1/s1. The Hall–Kier alpha value is -4.60. The third kappa shape index (κ3) is 5.68. The number of alkyl halides is 6. The predicted octanol–water partition coefficient (Wildman–Crippen LogP) is 6.02. The highest BCUT2D eigenvalue weighted by Crippen LogP contribution is 2.42. The van der Waals surface area contributed by atoms with Gasteiger partial charge in [0.15, 0.2) is 0 Å². The molecule has 0 unspecified atom stereocenters. The van der Waals surface area contributed by atoms with Crippen molar-refractivity contribution in [3.63, 3.8) is 0 Å². The lowest BCUT2D eigenvalue weighted by Crippen LogP contribution is -2.60. The van der Waals surface area contributed by atoms with Crippen LogP contribution in [0.4, 0.5) is 40.8 Å². The topological polar surface area (TPSA) is 98.7 Å². The summed E-state index contributed by atoms with van der Waals surface area (Å²) in [5.74, 6) is -4.87. The first-order valence-electron chi connectivity index (χ1n) is 12.9. The maximum absolute atomic E-state index is 13.9. The maximum atomic E-state index is 13.9. The molecule has 0 aliphatic carbocycles. The monoisotopic (exact) mass is 627 g/mol. The van der Waals surface area contributed by atoms with Crippen LogP contribution >= 0.6 is 0 Å². The number of hydrogen-bond donors (Lipinski definition) is 2. The quantitative estimate of drug-likeness (QED) is 0.265. The normalized spacial score (nSPS) is 19.4. The molecular formula is C28H21F8N5O3. The average molecular weight is 627 g/mol. The minimum absolute atomic E-state index is 0.0282. The number of halogens is 8. The second kappa shape index (κ2) is 10.8. The number of nitrogens with one attached hydrogen (secondary N) is 1. The Bertz CT molecular complexity index is 1670. The van der Waals surface area contributed by atoms with E-state index < -0.39 is 87.4 Å². The van der Waals surface area contributed by atoms with Crippen LogP contribution in [0.5, 0.6) is 0 Å². The van der Waals surface area contributed by atoms with Gasteiger partial charge in [0.1, 0.15) is 35.0 Å². The van der Waals surface area contributed by atoms with Gasteiger partial charge in [-0.15, -0.1) is 0 Å². The molecule has 0 spiro atoms. The minimum Gasteiger partial charge on any atom is -0.509 e.